The molecule has 0 amide bonds. The van der Waals surface area contributed by atoms with Crippen LogP contribution in [-0.2, 0) is 17.4 Å². The minimum Gasteiger partial charge on any atom is -0.481 e. The summed E-state index contributed by atoms with van der Waals surface area (Å²) in [5.41, 5.74) is -3.07. The highest BCUT2D eigenvalue weighted by Gasteiger charge is 2.36. The van der Waals surface area contributed by atoms with E-state index in [2.05, 4.69) is 4.98 Å². The van der Waals surface area contributed by atoms with E-state index in [0.29, 0.717) is 6.07 Å². The number of aliphatic carboxylic acids is 1. The monoisotopic (exact) mass is 381 g/mol. The first-order valence-corrected chi connectivity index (χ1v) is 5.47. The molecule has 3 nitrogen and oxygen atoms in total. The molecule has 0 spiro atoms. The quantitative estimate of drug-likeness (QED) is 0.646. The van der Waals surface area contributed by atoms with Crippen LogP contribution in [0.25, 0.3) is 0 Å². The molecule has 0 unspecified atom stereocenters. The molecule has 1 N–H and O–H groups in total. The molecule has 0 atom stereocenters. The van der Waals surface area contributed by atoms with Gasteiger partial charge in [-0.15, -0.1) is 0 Å². The smallest absolute Gasteiger partial charge is 0.418 e. The zero-order valence-electron chi connectivity index (χ0n) is 8.43. The summed E-state index contributed by atoms with van der Waals surface area (Å²) in [7, 11) is 0. The highest BCUT2D eigenvalue weighted by atomic mass is 127. The second-order valence-electron chi connectivity index (χ2n) is 3.22. The molecule has 1 aromatic heterocycles. The molecule has 0 saturated heterocycles. The van der Waals surface area contributed by atoms with Gasteiger partial charge in [0.25, 0.3) is 6.43 Å². The minimum atomic E-state index is -4.83. The van der Waals surface area contributed by atoms with Crippen molar-refractivity contribution in [2.75, 3.05) is 0 Å². The molecule has 0 bridgehead atoms. The van der Waals surface area contributed by atoms with Gasteiger partial charge in [-0.2, -0.15) is 13.2 Å². The number of pyridine rings is 1. The lowest BCUT2D eigenvalue weighted by molar-refractivity contribution is -0.140. The maximum Gasteiger partial charge on any atom is 0.418 e. The fourth-order valence-corrected chi connectivity index (χ4v) is 1.89. The third-order valence-electron chi connectivity index (χ3n) is 1.91. The Balaban J connectivity index is 3.42. The van der Waals surface area contributed by atoms with Gasteiger partial charge in [0, 0.05) is 3.57 Å². The molecule has 100 valence electrons. The summed E-state index contributed by atoms with van der Waals surface area (Å²) in [6.07, 6.45) is -8.96. The fourth-order valence-electron chi connectivity index (χ4n) is 1.22. The number of aromatic nitrogens is 1. The second-order valence-corrected chi connectivity index (χ2v) is 4.38. The number of halogens is 6. The van der Waals surface area contributed by atoms with E-state index in [1.807, 2.05) is 0 Å². The number of hydrogen-bond donors (Lipinski definition) is 1. The van der Waals surface area contributed by atoms with E-state index in [-0.39, 0.29) is 3.57 Å². The summed E-state index contributed by atoms with van der Waals surface area (Å²) in [4.78, 5) is 13.5. The van der Waals surface area contributed by atoms with Gasteiger partial charge in [-0.1, -0.05) is 0 Å². The number of carboxylic acids is 1. The van der Waals surface area contributed by atoms with Gasteiger partial charge in [0.1, 0.15) is 5.69 Å². The van der Waals surface area contributed by atoms with E-state index in [1.165, 1.54) is 22.6 Å². The van der Waals surface area contributed by atoms with Gasteiger partial charge in [-0.05, 0) is 28.7 Å². The normalized spacial score (nSPS) is 11.9. The minimum absolute atomic E-state index is 0.357. The van der Waals surface area contributed by atoms with E-state index in [1.54, 1.807) is 0 Å². The van der Waals surface area contributed by atoms with E-state index in [4.69, 9.17) is 5.11 Å². The summed E-state index contributed by atoms with van der Waals surface area (Å²) in [6.45, 7) is 0. The summed E-state index contributed by atoms with van der Waals surface area (Å²) >= 11 is 1.30. The molecule has 0 aliphatic carbocycles. The Morgan fingerprint density at radius 1 is 1.44 bits per heavy atom. The van der Waals surface area contributed by atoms with Crippen molar-refractivity contribution in [3.63, 3.8) is 0 Å². The molecule has 0 aliphatic heterocycles. The van der Waals surface area contributed by atoms with Gasteiger partial charge in [0.2, 0.25) is 0 Å². The van der Waals surface area contributed by atoms with Crippen LogP contribution < -0.4 is 0 Å². The molecular formula is C9H5F5INO2. The number of alkyl halides is 5. The van der Waals surface area contributed by atoms with Crippen LogP contribution in [0.15, 0.2) is 6.07 Å². The van der Waals surface area contributed by atoms with Crippen LogP contribution in [0.5, 0.6) is 0 Å². The molecule has 0 radical (unpaired) electrons. The Morgan fingerprint density at radius 3 is 2.39 bits per heavy atom. The molecule has 18 heavy (non-hydrogen) atoms. The van der Waals surface area contributed by atoms with Crippen molar-refractivity contribution in [1.29, 1.82) is 0 Å². The summed E-state index contributed by atoms with van der Waals surface area (Å²) in [6, 6.07) is 0.479. The van der Waals surface area contributed by atoms with Crippen molar-refractivity contribution in [1.82, 2.24) is 4.98 Å². The lowest BCUT2D eigenvalue weighted by Crippen LogP contribution is -2.16. The number of nitrogens with zero attached hydrogens (tertiary/aromatic N) is 1. The van der Waals surface area contributed by atoms with Gasteiger partial charge in [0.05, 0.1) is 17.7 Å². The van der Waals surface area contributed by atoms with Crippen molar-refractivity contribution in [2.24, 2.45) is 0 Å². The molecule has 0 aliphatic rings. The van der Waals surface area contributed by atoms with Crippen LogP contribution >= 0.6 is 22.6 Å². The molecule has 0 saturated carbocycles. The maximum atomic E-state index is 12.6. The van der Waals surface area contributed by atoms with Crippen LogP contribution in [0.1, 0.15) is 23.4 Å². The number of rotatable bonds is 3. The first kappa shape index (κ1) is 15.1. The van der Waals surface area contributed by atoms with Crippen molar-refractivity contribution in [3.05, 3.63) is 26.6 Å². The van der Waals surface area contributed by atoms with Crippen molar-refractivity contribution in [3.8, 4) is 0 Å². The van der Waals surface area contributed by atoms with E-state index in [0.717, 1.165) is 0 Å². The van der Waals surface area contributed by atoms with Gasteiger partial charge in [-0.25, -0.2) is 13.8 Å². The SMILES string of the molecule is O=C(O)Cc1nc(C(F)F)c(I)cc1C(F)(F)F. The summed E-state index contributed by atoms with van der Waals surface area (Å²) in [5, 5.41) is 8.46. The van der Waals surface area contributed by atoms with Crippen molar-refractivity contribution in [2.45, 2.75) is 19.0 Å². The van der Waals surface area contributed by atoms with E-state index in [9.17, 15) is 26.7 Å². The Labute approximate surface area is 111 Å². The number of carboxylic acid groups (broad SMARTS) is 1. The molecule has 0 fully saturated rings. The standard InChI is InChI=1S/C9H5F5INO2/c10-8(11)7-4(15)1-3(9(12,13)14)5(16-7)2-6(17)18/h1,8H,2H2,(H,17,18). The Morgan fingerprint density at radius 2 is 2.00 bits per heavy atom. The summed E-state index contributed by atoms with van der Waals surface area (Å²) in [5.74, 6) is -1.57. The first-order valence-electron chi connectivity index (χ1n) is 4.39. The van der Waals surface area contributed by atoms with Crippen LogP contribution in [-0.4, -0.2) is 16.1 Å². The zero-order valence-corrected chi connectivity index (χ0v) is 10.6. The van der Waals surface area contributed by atoms with Gasteiger partial charge < -0.3 is 5.11 Å². The topological polar surface area (TPSA) is 50.2 Å². The predicted molar refractivity (Wildman–Crippen MR) is 58.3 cm³/mol. The maximum absolute atomic E-state index is 12.6. The number of hydrogen-bond acceptors (Lipinski definition) is 2. The summed E-state index contributed by atoms with van der Waals surface area (Å²) < 4.78 is 62.4. The first-order chi connectivity index (χ1) is 8.12. The van der Waals surface area contributed by atoms with Crippen LogP contribution in [0.4, 0.5) is 22.0 Å². The van der Waals surface area contributed by atoms with Crippen LogP contribution in [0.3, 0.4) is 0 Å². The van der Waals surface area contributed by atoms with Gasteiger partial charge in [0.15, 0.2) is 0 Å². The van der Waals surface area contributed by atoms with E-state index < -0.39 is 41.9 Å². The number of carbonyl (C=O) groups is 1. The molecule has 9 heteroatoms. The Hall–Kier alpha value is -1.00. The largest absolute Gasteiger partial charge is 0.481 e. The third-order valence-corrected chi connectivity index (χ3v) is 2.78. The molecule has 1 rings (SSSR count). The van der Waals surface area contributed by atoms with Crippen LogP contribution in [0, 0.1) is 3.57 Å². The average molecular weight is 381 g/mol. The third kappa shape index (κ3) is 3.50. The van der Waals surface area contributed by atoms with E-state index >= 15 is 0 Å². The van der Waals surface area contributed by atoms with Crippen molar-refractivity contribution >= 4 is 28.6 Å². The second kappa shape index (κ2) is 5.33. The Bertz CT molecular complexity index is 475. The van der Waals surface area contributed by atoms with Crippen LogP contribution in [0.2, 0.25) is 0 Å². The lowest BCUT2D eigenvalue weighted by Gasteiger charge is -2.13. The highest BCUT2D eigenvalue weighted by molar-refractivity contribution is 14.1. The molecule has 0 aromatic carbocycles. The van der Waals surface area contributed by atoms with Gasteiger partial charge >= 0.3 is 12.1 Å². The average Bonchev–Trinajstić information content (AvgIpc) is 2.17. The fraction of sp³-hybridized carbons (Fsp3) is 0.333. The lowest BCUT2D eigenvalue weighted by atomic mass is 10.1. The highest BCUT2D eigenvalue weighted by Crippen LogP contribution is 2.35. The molecule has 1 aromatic rings. The zero-order chi connectivity index (χ0) is 14.1. The molecule has 1 heterocycles. The molecular weight excluding hydrogens is 376 g/mol. The van der Waals surface area contributed by atoms with Crippen molar-refractivity contribution < 1.29 is 31.9 Å². The van der Waals surface area contributed by atoms with Gasteiger partial charge in [-0.3, -0.25) is 4.79 Å². The Kier molecular flexibility index (Phi) is 4.46. The predicted octanol–water partition coefficient (Wildman–Crippen LogP) is 3.27.